The number of aryl methyl sites for hydroxylation is 1. The number of hydrogen-bond acceptors (Lipinski definition) is 2. The molecule has 1 aliphatic rings. The molecule has 1 amide bonds. The summed E-state index contributed by atoms with van der Waals surface area (Å²) in [4.78, 5) is 14.8. The lowest BCUT2D eigenvalue weighted by atomic mass is 10.0. The van der Waals surface area contributed by atoms with Crippen LogP contribution in [-0.4, -0.2) is 30.0 Å². The molecule has 1 saturated heterocycles. The predicted molar refractivity (Wildman–Crippen MR) is 100 cm³/mol. The average Bonchev–Trinajstić information content (AvgIpc) is 2.63. The molecular formula is C22H27NO2. The minimum absolute atomic E-state index is 0.203. The third-order valence-electron chi connectivity index (χ3n) is 4.81. The van der Waals surface area contributed by atoms with Crippen LogP contribution in [0.2, 0.25) is 0 Å². The number of benzene rings is 2. The highest BCUT2D eigenvalue weighted by atomic mass is 16.5. The van der Waals surface area contributed by atoms with Crippen molar-refractivity contribution in [3.05, 3.63) is 71.3 Å². The van der Waals surface area contributed by atoms with Crippen LogP contribution in [0.4, 0.5) is 0 Å². The molecule has 2 aromatic carbocycles. The van der Waals surface area contributed by atoms with E-state index in [2.05, 4.69) is 31.2 Å². The van der Waals surface area contributed by atoms with Gasteiger partial charge >= 0.3 is 0 Å². The monoisotopic (exact) mass is 337 g/mol. The summed E-state index contributed by atoms with van der Waals surface area (Å²) in [6.45, 7) is 4.14. The summed E-state index contributed by atoms with van der Waals surface area (Å²) >= 11 is 0. The third-order valence-corrected chi connectivity index (χ3v) is 4.81. The Morgan fingerprint density at radius 1 is 1.08 bits per heavy atom. The van der Waals surface area contributed by atoms with Crippen molar-refractivity contribution in [3.63, 3.8) is 0 Å². The minimum atomic E-state index is 0.203. The number of rotatable bonds is 6. The van der Waals surface area contributed by atoms with E-state index in [1.54, 1.807) is 0 Å². The third kappa shape index (κ3) is 5.17. The maximum Gasteiger partial charge on any atom is 0.227 e. The summed E-state index contributed by atoms with van der Waals surface area (Å²) < 4.78 is 5.92. The molecule has 1 heterocycles. The Hall–Kier alpha value is -2.13. The van der Waals surface area contributed by atoms with E-state index in [1.165, 1.54) is 17.5 Å². The highest BCUT2D eigenvalue weighted by Gasteiger charge is 2.26. The fourth-order valence-corrected chi connectivity index (χ4v) is 3.49. The Balaban J connectivity index is 1.55. The van der Waals surface area contributed by atoms with Crippen LogP contribution in [0.15, 0.2) is 54.6 Å². The smallest absolute Gasteiger partial charge is 0.227 e. The topological polar surface area (TPSA) is 29.5 Å². The van der Waals surface area contributed by atoms with Gasteiger partial charge in [0.15, 0.2) is 0 Å². The second-order valence-corrected chi connectivity index (χ2v) is 6.90. The zero-order chi connectivity index (χ0) is 17.5. The van der Waals surface area contributed by atoms with Gasteiger partial charge in [-0.1, -0.05) is 60.2 Å². The van der Waals surface area contributed by atoms with Gasteiger partial charge in [-0.3, -0.25) is 4.79 Å². The largest absolute Gasteiger partial charge is 0.375 e. The molecule has 0 saturated carbocycles. The van der Waals surface area contributed by atoms with Crippen molar-refractivity contribution in [2.24, 2.45) is 0 Å². The molecule has 25 heavy (non-hydrogen) atoms. The molecule has 0 N–H and O–H groups in total. The van der Waals surface area contributed by atoms with Gasteiger partial charge < -0.3 is 9.64 Å². The number of piperidine rings is 1. The van der Waals surface area contributed by atoms with Crippen LogP contribution in [0.3, 0.4) is 0 Å². The molecule has 2 aromatic rings. The maximum atomic E-state index is 12.8. The van der Waals surface area contributed by atoms with E-state index in [4.69, 9.17) is 4.74 Å². The molecule has 1 atom stereocenters. The molecule has 0 spiro atoms. The highest BCUT2D eigenvalue weighted by molar-refractivity contribution is 5.79. The van der Waals surface area contributed by atoms with Crippen molar-refractivity contribution < 1.29 is 9.53 Å². The van der Waals surface area contributed by atoms with Crippen LogP contribution < -0.4 is 0 Å². The lowest BCUT2D eigenvalue weighted by molar-refractivity contribution is -0.135. The van der Waals surface area contributed by atoms with E-state index in [1.807, 2.05) is 35.2 Å². The molecule has 3 heteroatoms. The Labute approximate surface area is 150 Å². The summed E-state index contributed by atoms with van der Waals surface area (Å²) in [6.07, 6.45) is 3.79. The van der Waals surface area contributed by atoms with Gasteiger partial charge in [-0.15, -0.1) is 0 Å². The zero-order valence-corrected chi connectivity index (χ0v) is 15.0. The summed E-state index contributed by atoms with van der Waals surface area (Å²) in [6, 6.07) is 18.6. The fraction of sp³-hybridized carbons (Fsp3) is 0.409. The molecule has 0 radical (unpaired) electrons. The molecule has 0 aliphatic carbocycles. The minimum Gasteiger partial charge on any atom is -0.375 e. The Morgan fingerprint density at radius 3 is 2.68 bits per heavy atom. The van der Waals surface area contributed by atoms with Gasteiger partial charge in [0.1, 0.15) is 0 Å². The van der Waals surface area contributed by atoms with Gasteiger partial charge in [-0.05, 0) is 37.3 Å². The van der Waals surface area contributed by atoms with Crippen molar-refractivity contribution in [2.45, 2.75) is 45.3 Å². The van der Waals surface area contributed by atoms with E-state index < -0.39 is 0 Å². The lowest BCUT2D eigenvalue weighted by Gasteiger charge is -2.35. The first kappa shape index (κ1) is 17.7. The van der Waals surface area contributed by atoms with Crippen molar-refractivity contribution in [1.82, 2.24) is 4.90 Å². The number of nitrogens with zero attached hydrogens (tertiary/aromatic N) is 1. The summed E-state index contributed by atoms with van der Waals surface area (Å²) in [7, 11) is 0. The zero-order valence-electron chi connectivity index (χ0n) is 15.0. The van der Waals surface area contributed by atoms with E-state index >= 15 is 0 Å². The number of hydrogen-bond donors (Lipinski definition) is 0. The number of likely N-dealkylation sites (tertiary alicyclic amines) is 1. The highest BCUT2D eigenvalue weighted by Crippen LogP contribution is 2.19. The van der Waals surface area contributed by atoms with Crippen LogP contribution in [0.5, 0.6) is 0 Å². The van der Waals surface area contributed by atoms with E-state index in [9.17, 15) is 4.79 Å². The first-order valence-corrected chi connectivity index (χ1v) is 9.19. The van der Waals surface area contributed by atoms with Crippen LogP contribution in [0.1, 0.15) is 36.0 Å². The molecule has 132 valence electrons. The normalized spacial score (nSPS) is 17.5. The molecule has 3 nitrogen and oxygen atoms in total. The quantitative estimate of drug-likeness (QED) is 0.793. The molecule has 1 unspecified atom stereocenters. The van der Waals surface area contributed by atoms with E-state index in [0.717, 1.165) is 24.9 Å². The summed E-state index contributed by atoms with van der Waals surface area (Å²) in [5.74, 6) is 0.221. The van der Waals surface area contributed by atoms with E-state index in [0.29, 0.717) is 19.6 Å². The van der Waals surface area contributed by atoms with Gasteiger partial charge in [-0.2, -0.15) is 0 Å². The second-order valence-electron chi connectivity index (χ2n) is 6.90. The number of carbonyl (C=O) groups is 1. The molecule has 0 aromatic heterocycles. The maximum absolute atomic E-state index is 12.8. The van der Waals surface area contributed by atoms with Crippen LogP contribution >= 0.6 is 0 Å². The Bertz CT molecular complexity index is 683. The van der Waals surface area contributed by atoms with Crippen LogP contribution in [0.25, 0.3) is 0 Å². The standard InChI is InChI=1S/C22H27NO2/c1-18-8-7-11-20(14-18)15-22(24)23-13-6-5-12-21(23)17-25-16-19-9-3-2-4-10-19/h2-4,7-11,14,21H,5-6,12-13,15-17H2,1H3. The second kappa shape index (κ2) is 8.82. The van der Waals surface area contributed by atoms with Gasteiger partial charge in [0.05, 0.1) is 25.7 Å². The van der Waals surface area contributed by atoms with Gasteiger partial charge in [-0.25, -0.2) is 0 Å². The van der Waals surface area contributed by atoms with Crippen molar-refractivity contribution in [1.29, 1.82) is 0 Å². The van der Waals surface area contributed by atoms with Crippen molar-refractivity contribution in [3.8, 4) is 0 Å². The number of carbonyl (C=O) groups excluding carboxylic acids is 1. The predicted octanol–water partition coefficient (Wildman–Crippen LogP) is 4.14. The SMILES string of the molecule is Cc1cccc(CC(=O)N2CCCCC2COCc2ccccc2)c1. The number of ether oxygens (including phenoxy) is 1. The van der Waals surface area contributed by atoms with Gasteiger partial charge in [0.25, 0.3) is 0 Å². The van der Waals surface area contributed by atoms with Gasteiger partial charge in [0.2, 0.25) is 5.91 Å². The Morgan fingerprint density at radius 2 is 1.88 bits per heavy atom. The molecule has 1 fully saturated rings. The molecule has 3 rings (SSSR count). The lowest BCUT2D eigenvalue weighted by Crippen LogP contribution is -2.46. The molecule has 0 bridgehead atoms. The van der Waals surface area contributed by atoms with Crippen molar-refractivity contribution >= 4 is 5.91 Å². The van der Waals surface area contributed by atoms with Crippen molar-refractivity contribution in [2.75, 3.05) is 13.2 Å². The first-order valence-electron chi connectivity index (χ1n) is 9.19. The van der Waals surface area contributed by atoms with E-state index in [-0.39, 0.29) is 11.9 Å². The molecular weight excluding hydrogens is 310 g/mol. The average molecular weight is 337 g/mol. The fourth-order valence-electron chi connectivity index (χ4n) is 3.49. The summed E-state index contributed by atoms with van der Waals surface area (Å²) in [5.41, 5.74) is 3.47. The number of amides is 1. The Kier molecular flexibility index (Phi) is 6.24. The van der Waals surface area contributed by atoms with Crippen LogP contribution in [-0.2, 0) is 22.6 Å². The first-order chi connectivity index (χ1) is 12.2. The van der Waals surface area contributed by atoms with Gasteiger partial charge in [0, 0.05) is 6.54 Å². The van der Waals surface area contributed by atoms with Crippen LogP contribution in [0, 0.1) is 6.92 Å². The summed E-state index contributed by atoms with van der Waals surface area (Å²) in [5, 5.41) is 0. The molecule has 1 aliphatic heterocycles.